The quantitative estimate of drug-likeness (QED) is 0.900. The van der Waals surface area contributed by atoms with Gasteiger partial charge in [0.05, 0.1) is 22.7 Å². The molecule has 1 fully saturated rings. The van der Waals surface area contributed by atoms with Crippen molar-refractivity contribution >= 4 is 28.2 Å². The standard InChI is InChI=1S/C14H15ClN2O/c1-9-12(6-8-18-9)17-13-5-4-11(15)14-10(13)3-2-7-16-14/h2-5,7,9,12,17H,6,8H2,1H3. The topological polar surface area (TPSA) is 34.1 Å². The third-order valence-corrected chi connectivity index (χ3v) is 3.74. The van der Waals surface area contributed by atoms with Gasteiger partial charge in [-0.2, -0.15) is 0 Å². The van der Waals surface area contributed by atoms with Gasteiger partial charge in [-0.3, -0.25) is 4.98 Å². The van der Waals surface area contributed by atoms with Gasteiger partial charge >= 0.3 is 0 Å². The summed E-state index contributed by atoms with van der Waals surface area (Å²) in [6.07, 6.45) is 3.04. The molecule has 0 amide bonds. The van der Waals surface area contributed by atoms with E-state index in [2.05, 4.69) is 17.2 Å². The van der Waals surface area contributed by atoms with E-state index in [9.17, 15) is 0 Å². The minimum Gasteiger partial charge on any atom is -0.379 e. The zero-order chi connectivity index (χ0) is 12.5. The molecule has 2 heterocycles. The van der Waals surface area contributed by atoms with Gasteiger partial charge in [-0.1, -0.05) is 11.6 Å². The lowest BCUT2D eigenvalue weighted by Gasteiger charge is -2.18. The summed E-state index contributed by atoms with van der Waals surface area (Å²) in [5.41, 5.74) is 1.92. The maximum atomic E-state index is 6.16. The van der Waals surface area contributed by atoms with Crippen LogP contribution in [0.5, 0.6) is 0 Å². The number of benzene rings is 1. The number of ether oxygens (including phenoxy) is 1. The number of hydrogen-bond acceptors (Lipinski definition) is 3. The van der Waals surface area contributed by atoms with Crippen molar-refractivity contribution in [3.05, 3.63) is 35.5 Å². The molecule has 3 rings (SSSR count). The first-order valence-corrected chi connectivity index (χ1v) is 6.55. The number of hydrogen-bond donors (Lipinski definition) is 1. The van der Waals surface area contributed by atoms with Crippen LogP contribution in [0, 0.1) is 0 Å². The van der Waals surface area contributed by atoms with E-state index in [4.69, 9.17) is 16.3 Å². The summed E-state index contributed by atoms with van der Waals surface area (Å²) < 4.78 is 5.57. The van der Waals surface area contributed by atoms with Crippen molar-refractivity contribution < 1.29 is 4.74 Å². The number of halogens is 1. The van der Waals surface area contributed by atoms with Crippen LogP contribution in [-0.2, 0) is 4.74 Å². The Kier molecular flexibility index (Phi) is 3.10. The van der Waals surface area contributed by atoms with Crippen LogP contribution in [-0.4, -0.2) is 23.7 Å². The van der Waals surface area contributed by atoms with Gasteiger partial charge in [0.25, 0.3) is 0 Å². The van der Waals surface area contributed by atoms with Crippen molar-refractivity contribution in [2.24, 2.45) is 0 Å². The molecule has 1 N–H and O–H groups in total. The van der Waals surface area contributed by atoms with Crippen LogP contribution in [0.4, 0.5) is 5.69 Å². The molecule has 4 heteroatoms. The highest BCUT2D eigenvalue weighted by molar-refractivity contribution is 6.35. The average molecular weight is 263 g/mol. The lowest BCUT2D eigenvalue weighted by Crippen LogP contribution is -2.26. The molecule has 2 aromatic rings. The number of fused-ring (bicyclic) bond motifs is 1. The van der Waals surface area contributed by atoms with Crippen molar-refractivity contribution in [1.82, 2.24) is 4.98 Å². The summed E-state index contributed by atoms with van der Waals surface area (Å²) in [5, 5.41) is 5.28. The Hall–Kier alpha value is -1.32. The number of rotatable bonds is 2. The summed E-state index contributed by atoms with van der Waals surface area (Å²) in [6, 6.07) is 8.22. The summed E-state index contributed by atoms with van der Waals surface area (Å²) >= 11 is 6.16. The summed E-state index contributed by atoms with van der Waals surface area (Å²) in [6.45, 7) is 2.92. The number of pyridine rings is 1. The minimum absolute atomic E-state index is 0.243. The first kappa shape index (κ1) is 11.8. The van der Waals surface area contributed by atoms with Crippen LogP contribution in [0.15, 0.2) is 30.5 Å². The molecule has 0 radical (unpaired) electrons. The molecular weight excluding hydrogens is 248 g/mol. The fourth-order valence-electron chi connectivity index (χ4n) is 2.39. The molecule has 1 saturated heterocycles. The van der Waals surface area contributed by atoms with Crippen LogP contribution in [0.2, 0.25) is 5.02 Å². The van der Waals surface area contributed by atoms with Crippen LogP contribution in [0.25, 0.3) is 10.9 Å². The molecule has 3 nitrogen and oxygen atoms in total. The highest BCUT2D eigenvalue weighted by Crippen LogP contribution is 2.29. The largest absolute Gasteiger partial charge is 0.379 e. The Morgan fingerprint density at radius 1 is 1.39 bits per heavy atom. The van der Waals surface area contributed by atoms with Gasteiger partial charge in [0, 0.05) is 23.9 Å². The maximum Gasteiger partial charge on any atom is 0.0908 e. The van der Waals surface area contributed by atoms with Gasteiger partial charge in [-0.05, 0) is 37.6 Å². The fourth-order valence-corrected chi connectivity index (χ4v) is 2.60. The molecule has 0 bridgehead atoms. The Morgan fingerprint density at radius 2 is 2.28 bits per heavy atom. The van der Waals surface area contributed by atoms with Crippen molar-refractivity contribution in [2.75, 3.05) is 11.9 Å². The second kappa shape index (κ2) is 4.75. The number of anilines is 1. The van der Waals surface area contributed by atoms with E-state index in [1.54, 1.807) is 6.20 Å². The van der Waals surface area contributed by atoms with Gasteiger partial charge in [0.2, 0.25) is 0 Å². The monoisotopic (exact) mass is 262 g/mol. The van der Waals surface area contributed by atoms with Crippen molar-refractivity contribution in [3.8, 4) is 0 Å². The highest BCUT2D eigenvalue weighted by atomic mass is 35.5. The van der Waals surface area contributed by atoms with E-state index in [0.29, 0.717) is 11.1 Å². The Labute approximate surface area is 111 Å². The Bertz CT molecular complexity index is 573. The second-order valence-corrected chi connectivity index (χ2v) is 5.02. The third-order valence-electron chi connectivity index (χ3n) is 3.44. The minimum atomic E-state index is 0.243. The van der Waals surface area contributed by atoms with Crippen LogP contribution >= 0.6 is 11.6 Å². The van der Waals surface area contributed by atoms with Crippen LogP contribution in [0.3, 0.4) is 0 Å². The highest BCUT2D eigenvalue weighted by Gasteiger charge is 2.24. The zero-order valence-corrected chi connectivity index (χ0v) is 10.9. The normalized spacial score (nSPS) is 23.4. The van der Waals surface area contributed by atoms with Crippen molar-refractivity contribution in [3.63, 3.8) is 0 Å². The molecular formula is C14H15ClN2O. The Morgan fingerprint density at radius 3 is 3.06 bits per heavy atom. The molecule has 2 atom stereocenters. The van der Waals surface area contributed by atoms with E-state index >= 15 is 0 Å². The molecule has 1 aliphatic rings. The molecule has 0 saturated carbocycles. The summed E-state index contributed by atoms with van der Waals surface area (Å²) in [5.74, 6) is 0. The van der Waals surface area contributed by atoms with Crippen molar-refractivity contribution in [2.45, 2.75) is 25.5 Å². The molecule has 1 aliphatic heterocycles. The Balaban J connectivity index is 1.99. The van der Waals surface area contributed by atoms with E-state index in [0.717, 1.165) is 29.6 Å². The number of nitrogens with zero attached hydrogens (tertiary/aromatic N) is 1. The molecule has 0 aliphatic carbocycles. The van der Waals surface area contributed by atoms with Crippen LogP contribution in [0.1, 0.15) is 13.3 Å². The predicted molar refractivity (Wildman–Crippen MR) is 74.2 cm³/mol. The third kappa shape index (κ3) is 2.04. The van der Waals surface area contributed by atoms with Gasteiger partial charge in [0.1, 0.15) is 0 Å². The van der Waals surface area contributed by atoms with Crippen molar-refractivity contribution in [1.29, 1.82) is 0 Å². The molecule has 18 heavy (non-hydrogen) atoms. The number of nitrogens with one attached hydrogen (secondary N) is 1. The lowest BCUT2D eigenvalue weighted by molar-refractivity contribution is 0.121. The first-order valence-electron chi connectivity index (χ1n) is 6.17. The van der Waals surface area contributed by atoms with E-state index in [1.165, 1.54) is 0 Å². The van der Waals surface area contributed by atoms with Gasteiger partial charge < -0.3 is 10.1 Å². The number of aromatic nitrogens is 1. The molecule has 0 spiro atoms. The molecule has 1 aromatic heterocycles. The lowest BCUT2D eigenvalue weighted by atomic mass is 10.1. The van der Waals surface area contributed by atoms with Crippen LogP contribution < -0.4 is 5.32 Å². The SMILES string of the molecule is CC1OCCC1Nc1ccc(Cl)c2ncccc12. The summed E-state index contributed by atoms with van der Waals surface area (Å²) in [4.78, 5) is 4.33. The molecule has 1 aromatic carbocycles. The first-order chi connectivity index (χ1) is 8.75. The maximum absolute atomic E-state index is 6.16. The second-order valence-electron chi connectivity index (χ2n) is 4.61. The van der Waals surface area contributed by atoms with Gasteiger partial charge in [0.15, 0.2) is 0 Å². The summed E-state index contributed by atoms with van der Waals surface area (Å²) in [7, 11) is 0. The molecule has 2 unspecified atom stereocenters. The average Bonchev–Trinajstić information content (AvgIpc) is 2.79. The smallest absolute Gasteiger partial charge is 0.0908 e. The fraction of sp³-hybridized carbons (Fsp3) is 0.357. The predicted octanol–water partition coefficient (Wildman–Crippen LogP) is 3.48. The van der Waals surface area contributed by atoms with E-state index in [1.807, 2.05) is 24.3 Å². The van der Waals surface area contributed by atoms with Gasteiger partial charge in [-0.25, -0.2) is 0 Å². The van der Waals surface area contributed by atoms with E-state index < -0.39 is 0 Å². The zero-order valence-electron chi connectivity index (χ0n) is 10.2. The van der Waals surface area contributed by atoms with E-state index in [-0.39, 0.29) is 6.10 Å². The molecule has 94 valence electrons. The van der Waals surface area contributed by atoms with Gasteiger partial charge in [-0.15, -0.1) is 0 Å².